The van der Waals surface area contributed by atoms with E-state index in [1.54, 1.807) is 12.1 Å². The Morgan fingerprint density at radius 1 is 1.09 bits per heavy atom. The molecule has 22 heavy (non-hydrogen) atoms. The highest BCUT2D eigenvalue weighted by Crippen LogP contribution is 2.19. The predicted molar refractivity (Wildman–Crippen MR) is 73.5 cm³/mol. The van der Waals surface area contributed by atoms with E-state index in [0.29, 0.717) is 0 Å². The van der Waals surface area contributed by atoms with Crippen molar-refractivity contribution in [2.24, 2.45) is 0 Å². The van der Waals surface area contributed by atoms with Crippen LogP contribution in [-0.4, -0.2) is 63.8 Å². The standard InChI is InChI=1S/C14H19NO7/c16-10-9(22-13(19)12(18)11(10)17)6-15-14(20)21-7-8-4-2-1-3-5-8/h1-5,9-13,16-19H,6-7H2,(H,15,20)/t9-,10?,11?,12?,13+/m1/s1. The molecule has 1 aliphatic rings. The molecule has 0 spiro atoms. The molecule has 0 aromatic heterocycles. The largest absolute Gasteiger partial charge is 0.445 e. The fourth-order valence-corrected chi connectivity index (χ4v) is 2.06. The van der Waals surface area contributed by atoms with Gasteiger partial charge in [0.25, 0.3) is 0 Å². The van der Waals surface area contributed by atoms with Gasteiger partial charge >= 0.3 is 6.09 Å². The van der Waals surface area contributed by atoms with Crippen molar-refractivity contribution in [1.29, 1.82) is 0 Å². The maximum Gasteiger partial charge on any atom is 0.407 e. The topological polar surface area (TPSA) is 128 Å². The number of carbonyl (C=O) groups excluding carboxylic acids is 1. The van der Waals surface area contributed by atoms with Crippen LogP contribution in [0.25, 0.3) is 0 Å². The zero-order chi connectivity index (χ0) is 16.1. The van der Waals surface area contributed by atoms with E-state index in [1.807, 2.05) is 18.2 Å². The first-order chi connectivity index (χ1) is 10.5. The van der Waals surface area contributed by atoms with E-state index in [2.05, 4.69) is 5.32 Å². The van der Waals surface area contributed by atoms with Crippen LogP contribution in [0.15, 0.2) is 30.3 Å². The molecular formula is C14H19NO7. The second-order valence-corrected chi connectivity index (χ2v) is 4.98. The Bertz CT molecular complexity index is 483. The van der Waals surface area contributed by atoms with Gasteiger partial charge in [0.1, 0.15) is 31.0 Å². The minimum atomic E-state index is -1.63. The first-order valence-electron chi connectivity index (χ1n) is 6.81. The second kappa shape index (κ2) is 7.52. The van der Waals surface area contributed by atoms with Gasteiger partial charge in [0.05, 0.1) is 0 Å². The normalized spacial score (nSPS) is 31.5. The summed E-state index contributed by atoms with van der Waals surface area (Å²) in [6.45, 7) is -0.0969. The van der Waals surface area contributed by atoms with Crippen molar-refractivity contribution in [1.82, 2.24) is 5.32 Å². The number of hydrogen-bond acceptors (Lipinski definition) is 7. The van der Waals surface area contributed by atoms with Crippen LogP contribution in [0.5, 0.6) is 0 Å². The Hall–Kier alpha value is -1.71. The number of nitrogens with one attached hydrogen (secondary N) is 1. The molecule has 3 unspecified atom stereocenters. The van der Waals surface area contributed by atoms with Gasteiger partial charge < -0.3 is 35.2 Å². The van der Waals surface area contributed by atoms with E-state index in [1.165, 1.54) is 0 Å². The van der Waals surface area contributed by atoms with Gasteiger partial charge in [-0.25, -0.2) is 4.79 Å². The smallest absolute Gasteiger partial charge is 0.407 e. The van der Waals surface area contributed by atoms with Crippen LogP contribution < -0.4 is 5.32 Å². The lowest BCUT2D eigenvalue weighted by Gasteiger charge is -2.38. The molecule has 0 bridgehead atoms. The first-order valence-corrected chi connectivity index (χ1v) is 6.81. The molecule has 1 aromatic rings. The Morgan fingerprint density at radius 3 is 2.45 bits per heavy atom. The van der Waals surface area contributed by atoms with Crippen LogP contribution in [0.2, 0.25) is 0 Å². The molecule has 0 saturated carbocycles. The van der Waals surface area contributed by atoms with E-state index in [-0.39, 0.29) is 13.2 Å². The summed E-state index contributed by atoms with van der Waals surface area (Å²) < 4.78 is 9.89. The molecule has 5 N–H and O–H groups in total. The number of carbonyl (C=O) groups is 1. The zero-order valence-corrected chi connectivity index (χ0v) is 11.7. The Labute approximate surface area is 126 Å². The van der Waals surface area contributed by atoms with Crippen molar-refractivity contribution >= 4 is 6.09 Å². The summed E-state index contributed by atoms with van der Waals surface area (Å²) in [6, 6.07) is 9.08. The Kier molecular flexibility index (Phi) is 5.69. The summed E-state index contributed by atoms with van der Waals surface area (Å²) >= 11 is 0. The summed E-state index contributed by atoms with van der Waals surface area (Å²) in [5.74, 6) is 0. The lowest BCUT2D eigenvalue weighted by molar-refractivity contribution is -0.280. The van der Waals surface area contributed by atoms with Crippen LogP contribution in [0.4, 0.5) is 4.79 Å². The van der Waals surface area contributed by atoms with Crippen LogP contribution in [0.1, 0.15) is 5.56 Å². The summed E-state index contributed by atoms with van der Waals surface area (Å²) in [5.41, 5.74) is 0.820. The number of hydrogen-bond donors (Lipinski definition) is 5. The highest BCUT2D eigenvalue weighted by Gasteiger charge is 2.42. The molecule has 0 radical (unpaired) electrons. The van der Waals surface area contributed by atoms with Crippen molar-refractivity contribution in [3.63, 3.8) is 0 Å². The number of ether oxygens (including phenoxy) is 2. The molecule has 2 rings (SSSR count). The number of alkyl carbamates (subject to hydrolysis) is 1. The van der Waals surface area contributed by atoms with Gasteiger partial charge in [0.15, 0.2) is 6.29 Å². The number of benzene rings is 1. The fraction of sp³-hybridized carbons (Fsp3) is 0.500. The summed E-state index contributed by atoms with van der Waals surface area (Å²) in [7, 11) is 0. The molecule has 1 heterocycles. The number of aliphatic hydroxyl groups excluding tert-OH is 4. The molecule has 8 heteroatoms. The monoisotopic (exact) mass is 313 g/mol. The van der Waals surface area contributed by atoms with E-state index < -0.39 is 36.8 Å². The SMILES string of the molecule is O=C(NC[C@H]1O[C@H](O)C(O)C(O)C1O)OCc1ccccc1. The van der Waals surface area contributed by atoms with E-state index in [0.717, 1.165) is 5.56 Å². The summed E-state index contributed by atoms with van der Waals surface area (Å²) in [4.78, 5) is 11.5. The van der Waals surface area contributed by atoms with Crippen molar-refractivity contribution in [3.05, 3.63) is 35.9 Å². The molecule has 8 nitrogen and oxygen atoms in total. The third kappa shape index (κ3) is 4.15. The molecule has 1 aromatic carbocycles. The van der Waals surface area contributed by atoms with Crippen LogP contribution in [0.3, 0.4) is 0 Å². The maximum atomic E-state index is 11.5. The highest BCUT2D eigenvalue weighted by atomic mass is 16.6. The summed E-state index contributed by atoms with van der Waals surface area (Å²) in [6.07, 6.45) is -8.02. The van der Waals surface area contributed by atoms with Gasteiger partial charge in [-0.15, -0.1) is 0 Å². The second-order valence-electron chi connectivity index (χ2n) is 4.98. The molecule has 1 fully saturated rings. The van der Waals surface area contributed by atoms with E-state index in [4.69, 9.17) is 9.47 Å². The molecule has 1 saturated heterocycles. The van der Waals surface area contributed by atoms with Gasteiger partial charge in [-0.1, -0.05) is 30.3 Å². The third-order valence-corrected chi connectivity index (χ3v) is 3.35. The average Bonchev–Trinajstić information content (AvgIpc) is 2.54. The van der Waals surface area contributed by atoms with Gasteiger partial charge in [0, 0.05) is 6.54 Å². The lowest BCUT2D eigenvalue weighted by atomic mass is 9.99. The van der Waals surface area contributed by atoms with E-state index in [9.17, 15) is 25.2 Å². The van der Waals surface area contributed by atoms with Crippen LogP contribution >= 0.6 is 0 Å². The maximum absolute atomic E-state index is 11.5. The van der Waals surface area contributed by atoms with Crippen LogP contribution in [0, 0.1) is 0 Å². The quantitative estimate of drug-likeness (QED) is 0.468. The van der Waals surface area contributed by atoms with Crippen molar-refractivity contribution in [2.45, 2.75) is 37.3 Å². The molecule has 122 valence electrons. The molecule has 1 aliphatic heterocycles. The molecular weight excluding hydrogens is 294 g/mol. The number of aliphatic hydroxyl groups is 4. The molecule has 5 atom stereocenters. The van der Waals surface area contributed by atoms with Crippen molar-refractivity contribution in [2.75, 3.05) is 6.54 Å². The highest BCUT2D eigenvalue weighted by molar-refractivity contribution is 5.67. The van der Waals surface area contributed by atoms with Crippen LogP contribution in [-0.2, 0) is 16.1 Å². The lowest BCUT2D eigenvalue weighted by Crippen LogP contribution is -2.60. The van der Waals surface area contributed by atoms with Crippen molar-refractivity contribution < 1.29 is 34.7 Å². The third-order valence-electron chi connectivity index (χ3n) is 3.35. The molecule has 1 amide bonds. The van der Waals surface area contributed by atoms with E-state index >= 15 is 0 Å². The minimum absolute atomic E-state index is 0.0880. The Morgan fingerprint density at radius 2 is 1.77 bits per heavy atom. The minimum Gasteiger partial charge on any atom is -0.445 e. The number of amides is 1. The average molecular weight is 313 g/mol. The first kappa shape index (κ1) is 16.7. The van der Waals surface area contributed by atoms with Gasteiger partial charge in [-0.05, 0) is 5.56 Å². The van der Waals surface area contributed by atoms with Crippen molar-refractivity contribution in [3.8, 4) is 0 Å². The zero-order valence-electron chi connectivity index (χ0n) is 11.7. The van der Waals surface area contributed by atoms with Gasteiger partial charge in [-0.2, -0.15) is 0 Å². The predicted octanol–water partition coefficient (Wildman–Crippen LogP) is -1.29. The van der Waals surface area contributed by atoms with Gasteiger partial charge in [-0.3, -0.25) is 0 Å². The summed E-state index contributed by atoms with van der Waals surface area (Å²) in [5, 5.41) is 40.3. The van der Waals surface area contributed by atoms with Gasteiger partial charge in [0.2, 0.25) is 0 Å². The Balaban J connectivity index is 1.76. The fourth-order valence-electron chi connectivity index (χ4n) is 2.06. The number of rotatable bonds is 4. The molecule has 0 aliphatic carbocycles.